The van der Waals surface area contributed by atoms with Gasteiger partial charge in [-0.05, 0) is 24.8 Å². The lowest BCUT2D eigenvalue weighted by molar-refractivity contribution is -0.144. The van der Waals surface area contributed by atoms with Crippen LogP contribution in [0.1, 0.15) is 31.7 Å². The van der Waals surface area contributed by atoms with Crippen molar-refractivity contribution < 1.29 is 19.1 Å². The van der Waals surface area contributed by atoms with E-state index in [0.717, 1.165) is 18.4 Å². The number of carboxylic acid groups (broad SMARTS) is 1. The zero-order valence-corrected chi connectivity index (χ0v) is 12.5. The van der Waals surface area contributed by atoms with Gasteiger partial charge in [-0.1, -0.05) is 13.3 Å². The molecule has 2 atom stereocenters. The van der Waals surface area contributed by atoms with Crippen LogP contribution in [0.2, 0.25) is 0 Å². The normalized spacial score (nSPS) is 22.1. The molecule has 0 aliphatic carbocycles. The van der Waals surface area contributed by atoms with Crippen molar-refractivity contribution in [1.82, 2.24) is 9.80 Å². The fourth-order valence-electron chi connectivity index (χ4n) is 2.82. The quantitative estimate of drug-likeness (QED) is 0.925. The Bertz CT molecular complexity index is 486. The van der Waals surface area contributed by atoms with Crippen LogP contribution in [0.4, 0.5) is 4.79 Å². The molecule has 0 radical (unpaired) electrons. The third kappa shape index (κ3) is 3.56. The molecule has 2 amide bonds. The van der Waals surface area contributed by atoms with Gasteiger partial charge in [0.05, 0.1) is 19.1 Å². The average molecular weight is 294 g/mol. The third-order valence-electron chi connectivity index (χ3n) is 4.15. The standard InChI is InChI=1S/C15H22N2O4/c1-3-11-4-6-17(13(8-11)14(18)19)15(20)16(2)9-12-5-7-21-10-12/h5,7,10-11,13H,3-4,6,8-9H2,1-2H3,(H,18,19). The number of hydrogen-bond acceptors (Lipinski definition) is 3. The molecule has 0 bridgehead atoms. The minimum Gasteiger partial charge on any atom is -0.480 e. The minimum atomic E-state index is -0.918. The van der Waals surface area contributed by atoms with Crippen LogP contribution in [0.15, 0.2) is 23.0 Å². The maximum absolute atomic E-state index is 12.5. The van der Waals surface area contributed by atoms with E-state index in [9.17, 15) is 14.7 Å². The number of aliphatic carboxylic acids is 1. The van der Waals surface area contributed by atoms with Crippen molar-refractivity contribution in [2.24, 2.45) is 5.92 Å². The molecule has 2 heterocycles. The van der Waals surface area contributed by atoms with E-state index in [0.29, 0.717) is 25.4 Å². The highest BCUT2D eigenvalue weighted by Gasteiger charge is 2.36. The highest BCUT2D eigenvalue weighted by Crippen LogP contribution is 2.26. The Labute approximate surface area is 124 Å². The molecule has 0 saturated carbocycles. The number of amides is 2. The lowest BCUT2D eigenvalue weighted by Gasteiger charge is -2.38. The summed E-state index contributed by atoms with van der Waals surface area (Å²) in [6, 6.07) is 0.836. The second-order valence-electron chi connectivity index (χ2n) is 5.62. The summed E-state index contributed by atoms with van der Waals surface area (Å²) in [6.07, 6.45) is 5.50. The minimum absolute atomic E-state index is 0.238. The number of carboxylic acids is 1. The van der Waals surface area contributed by atoms with Crippen molar-refractivity contribution in [3.05, 3.63) is 24.2 Å². The summed E-state index contributed by atoms with van der Waals surface area (Å²) in [5.41, 5.74) is 0.890. The van der Waals surface area contributed by atoms with E-state index in [1.165, 1.54) is 9.80 Å². The van der Waals surface area contributed by atoms with E-state index in [1.54, 1.807) is 25.6 Å². The van der Waals surface area contributed by atoms with Crippen LogP contribution >= 0.6 is 0 Å². The molecule has 1 aliphatic heterocycles. The Balaban J connectivity index is 2.04. The molecule has 1 fully saturated rings. The fourth-order valence-corrected chi connectivity index (χ4v) is 2.82. The molecule has 21 heavy (non-hydrogen) atoms. The average Bonchev–Trinajstić information content (AvgIpc) is 2.98. The summed E-state index contributed by atoms with van der Waals surface area (Å²) in [7, 11) is 1.68. The molecule has 0 aromatic carbocycles. The lowest BCUT2D eigenvalue weighted by Crippen LogP contribution is -2.53. The van der Waals surface area contributed by atoms with E-state index >= 15 is 0 Å². The Kier molecular flexibility index (Phi) is 4.88. The number of hydrogen-bond donors (Lipinski definition) is 1. The molecule has 6 nitrogen and oxygen atoms in total. The molecule has 116 valence electrons. The predicted molar refractivity (Wildman–Crippen MR) is 76.7 cm³/mol. The predicted octanol–water partition coefficient (Wildman–Crippen LogP) is 2.41. The first-order valence-electron chi connectivity index (χ1n) is 7.28. The zero-order valence-electron chi connectivity index (χ0n) is 12.5. The number of carbonyl (C=O) groups excluding carboxylic acids is 1. The largest absolute Gasteiger partial charge is 0.480 e. The maximum Gasteiger partial charge on any atom is 0.326 e. The number of carbonyl (C=O) groups is 2. The Morgan fingerprint density at radius 1 is 1.52 bits per heavy atom. The lowest BCUT2D eigenvalue weighted by atomic mass is 9.89. The van der Waals surface area contributed by atoms with E-state index in [1.807, 2.05) is 0 Å². The molecule has 6 heteroatoms. The second kappa shape index (κ2) is 6.65. The summed E-state index contributed by atoms with van der Waals surface area (Å²) in [5.74, 6) is -0.535. The van der Waals surface area contributed by atoms with Gasteiger partial charge in [-0.3, -0.25) is 0 Å². The summed E-state index contributed by atoms with van der Waals surface area (Å²) in [4.78, 5) is 27.0. The molecule has 2 unspecified atom stereocenters. The summed E-state index contributed by atoms with van der Waals surface area (Å²) < 4.78 is 4.98. The molecule has 2 rings (SSSR count). The number of likely N-dealkylation sites (tertiary alicyclic amines) is 1. The van der Waals surface area contributed by atoms with Crippen molar-refractivity contribution in [2.45, 2.75) is 38.8 Å². The van der Waals surface area contributed by atoms with Crippen molar-refractivity contribution in [1.29, 1.82) is 0 Å². The van der Waals surface area contributed by atoms with Crippen molar-refractivity contribution in [3.8, 4) is 0 Å². The second-order valence-corrected chi connectivity index (χ2v) is 5.62. The van der Waals surface area contributed by atoms with Crippen LogP contribution in [0, 0.1) is 5.92 Å². The van der Waals surface area contributed by atoms with Gasteiger partial charge in [-0.25, -0.2) is 9.59 Å². The van der Waals surface area contributed by atoms with Gasteiger partial charge in [0.2, 0.25) is 0 Å². The van der Waals surface area contributed by atoms with Crippen molar-refractivity contribution >= 4 is 12.0 Å². The number of furan rings is 1. The highest BCUT2D eigenvalue weighted by molar-refractivity contribution is 5.82. The third-order valence-corrected chi connectivity index (χ3v) is 4.15. The van der Waals surface area contributed by atoms with Crippen LogP contribution in [0.3, 0.4) is 0 Å². The van der Waals surface area contributed by atoms with Gasteiger partial charge in [0.25, 0.3) is 0 Å². The molecule has 0 spiro atoms. The number of nitrogens with zero attached hydrogens (tertiary/aromatic N) is 2. The Hall–Kier alpha value is -1.98. The Morgan fingerprint density at radius 2 is 2.29 bits per heavy atom. The monoisotopic (exact) mass is 294 g/mol. The van der Waals surface area contributed by atoms with Crippen LogP contribution in [0.5, 0.6) is 0 Å². The van der Waals surface area contributed by atoms with E-state index in [2.05, 4.69) is 6.92 Å². The van der Waals surface area contributed by atoms with Gasteiger partial charge >= 0.3 is 12.0 Å². The number of piperidine rings is 1. The molecular formula is C15H22N2O4. The SMILES string of the molecule is CCC1CCN(C(=O)N(C)Cc2ccoc2)C(C(=O)O)C1. The first kappa shape index (κ1) is 15.4. The molecule has 1 aromatic rings. The summed E-state index contributed by atoms with van der Waals surface area (Å²) in [5, 5.41) is 9.38. The van der Waals surface area contributed by atoms with Crippen LogP contribution < -0.4 is 0 Å². The topological polar surface area (TPSA) is 74.0 Å². The van der Waals surface area contributed by atoms with Crippen LogP contribution in [-0.2, 0) is 11.3 Å². The molecular weight excluding hydrogens is 272 g/mol. The van der Waals surface area contributed by atoms with Gasteiger partial charge in [-0.15, -0.1) is 0 Å². The van der Waals surface area contributed by atoms with Crippen LogP contribution in [0.25, 0.3) is 0 Å². The smallest absolute Gasteiger partial charge is 0.326 e. The van der Waals surface area contributed by atoms with E-state index in [-0.39, 0.29) is 6.03 Å². The summed E-state index contributed by atoms with van der Waals surface area (Å²) in [6.45, 7) is 2.98. The van der Waals surface area contributed by atoms with Crippen molar-refractivity contribution in [3.63, 3.8) is 0 Å². The van der Waals surface area contributed by atoms with Crippen molar-refractivity contribution in [2.75, 3.05) is 13.6 Å². The molecule has 1 saturated heterocycles. The number of urea groups is 1. The zero-order chi connectivity index (χ0) is 15.4. The molecule has 1 aromatic heterocycles. The van der Waals surface area contributed by atoms with E-state index < -0.39 is 12.0 Å². The van der Waals surface area contributed by atoms with Gasteiger partial charge in [0.15, 0.2) is 0 Å². The number of rotatable bonds is 4. The van der Waals surface area contributed by atoms with Gasteiger partial charge in [0.1, 0.15) is 6.04 Å². The summed E-state index contributed by atoms with van der Waals surface area (Å²) >= 11 is 0. The highest BCUT2D eigenvalue weighted by atomic mass is 16.4. The molecule has 1 aliphatic rings. The first-order valence-corrected chi connectivity index (χ1v) is 7.28. The fraction of sp³-hybridized carbons (Fsp3) is 0.600. The maximum atomic E-state index is 12.5. The van der Waals surface area contributed by atoms with Crippen LogP contribution in [-0.4, -0.2) is 46.5 Å². The van der Waals surface area contributed by atoms with Gasteiger partial charge in [0, 0.05) is 19.2 Å². The van der Waals surface area contributed by atoms with Gasteiger partial charge < -0.3 is 19.3 Å². The molecule has 1 N–H and O–H groups in total. The Morgan fingerprint density at radius 3 is 2.86 bits per heavy atom. The van der Waals surface area contributed by atoms with Gasteiger partial charge in [-0.2, -0.15) is 0 Å². The first-order chi connectivity index (χ1) is 10.0. The van der Waals surface area contributed by atoms with E-state index in [4.69, 9.17) is 4.42 Å².